The lowest BCUT2D eigenvalue weighted by molar-refractivity contribution is -0.137. The summed E-state index contributed by atoms with van der Waals surface area (Å²) in [5.41, 5.74) is 4.92. The molecule has 5 aliphatic heterocycles. The first-order valence-corrected chi connectivity index (χ1v) is 17.5. The first-order chi connectivity index (χ1) is 23.6. The number of carbonyl (C=O) groups excluding carboxylic acids is 1. The Bertz CT molecular complexity index is 1920. The van der Waals surface area contributed by atoms with Crippen LogP contribution in [0.2, 0.25) is 5.02 Å². The lowest BCUT2D eigenvalue weighted by Gasteiger charge is -2.46. The molecule has 14 heteroatoms. The summed E-state index contributed by atoms with van der Waals surface area (Å²) in [5, 5.41) is 1.07. The largest absolute Gasteiger partial charge is 0.489 e. The van der Waals surface area contributed by atoms with Crippen molar-refractivity contribution in [2.45, 2.75) is 88.3 Å². The molecule has 2 aromatic heterocycles. The van der Waals surface area contributed by atoms with E-state index in [0.29, 0.717) is 35.6 Å². The highest BCUT2D eigenvalue weighted by atomic mass is 35.5. The number of alkyl halides is 3. The molecule has 4 atom stereocenters. The quantitative estimate of drug-likeness (QED) is 0.284. The molecule has 8 rings (SSSR count). The van der Waals surface area contributed by atoms with Gasteiger partial charge >= 0.3 is 12.3 Å². The molecule has 3 aromatic rings. The van der Waals surface area contributed by atoms with Crippen LogP contribution in [-0.4, -0.2) is 88.0 Å². The third-order valence-electron chi connectivity index (χ3n) is 10.7. The fourth-order valence-electron chi connectivity index (χ4n) is 8.73. The van der Waals surface area contributed by atoms with Crippen molar-refractivity contribution in [3.63, 3.8) is 0 Å². The van der Waals surface area contributed by atoms with Crippen molar-refractivity contribution >= 4 is 40.1 Å². The number of benzene rings is 1. The summed E-state index contributed by atoms with van der Waals surface area (Å²) in [6.07, 6.45) is -0.707. The molecule has 0 spiro atoms. The second-order valence-electron chi connectivity index (χ2n) is 15.3. The summed E-state index contributed by atoms with van der Waals surface area (Å²) < 4.78 is 61.8. The molecule has 5 aliphatic rings. The van der Waals surface area contributed by atoms with Crippen molar-refractivity contribution in [2.24, 2.45) is 0 Å². The number of nitrogens with two attached hydrogens (primary N) is 1. The Morgan fingerprint density at radius 3 is 2.74 bits per heavy atom. The third kappa shape index (κ3) is 5.47. The van der Waals surface area contributed by atoms with Crippen molar-refractivity contribution in [1.82, 2.24) is 19.8 Å². The number of halogens is 4. The highest BCUT2D eigenvalue weighted by Crippen LogP contribution is 2.51. The van der Waals surface area contributed by atoms with Crippen molar-refractivity contribution < 1.29 is 32.2 Å². The van der Waals surface area contributed by atoms with Gasteiger partial charge in [-0.1, -0.05) is 23.8 Å². The van der Waals surface area contributed by atoms with Gasteiger partial charge in [-0.2, -0.15) is 18.2 Å². The van der Waals surface area contributed by atoms with Gasteiger partial charge in [0, 0.05) is 24.7 Å². The van der Waals surface area contributed by atoms with E-state index in [1.165, 1.54) is 5.57 Å². The van der Waals surface area contributed by atoms with Gasteiger partial charge in [0.05, 0.1) is 45.3 Å². The first-order valence-electron chi connectivity index (χ1n) is 17.1. The zero-order valence-corrected chi connectivity index (χ0v) is 29.0. The maximum absolute atomic E-state index is 14.3. The van der Waals surface area contributed by atoms with E-state index in [1.54, 1.807) is 12.1 Å². The lowest BCUT2D eigenvalue weighted by atomic mass is 9.94. The van der Waals surface area contributed by atoms with Gasteiger partial charge in [-0.05, 0) is 83.0 Å². The SMILES string of the molecule is C=C1CN2CCC[C@@]2(COc2cc3cc(-c4nc(N)ccc4C(F)(F)F)c(Cl)c4c3c(n2)N2C[C@H]3CC[C@@H]([C@H]2CO4)N3C(=O)OC(C)(C)C)C1. The molecule has 4 fully saturated rings. The van der Waals surface area contributed by atoms with E-state index in [2.05, 4.69) is 21.4 Å². The Hall–Kier alpha value is -3.97. The van der Waals surface area contributed by atoms with E-state index in [0.717, 1.165) is 57.3 Å². The average Bonchev–Trinajstić information content (AvgIpc) is 3.62. The number of pyridine rings is 2. The van der Waals surface area contributed by atoms with Gasteiger partial charge in [0.1, 0.15) is 36.2 Å². The molecule has 4 saturated heterocycles. The standard InChI is InChI=1S/C36H40ClF3N6O4/c1-19-14-35(10-5-11-44(35)15-19)18-49-27-13-20-12-22(30-23(36(38,39)40)7-9-26(41)42-30)29(37)31-28(20)32(43-27)45-16-21-6-8-24(25(45)17-48-31)46(21)33(47)50-34(2,3)4/h7,9,12-13,21,24-25H,1,5-6,8,10-11,14-18H2,2-4H3,(H2,41,42)/t21-,24+,25-,35+/m1/s1. The lowest BCUT2D eigenvalue weighted by Crippen LogP contribution is -2.63. The van der Waals surface area contributed by atoms with Crippen LogP contribution in [0, 0.1) is 0 Å². The predicted molar refractivity (Wildman–Crippen MR) is 184 cm³/mol. The van der Waals surface area contributed by atoms with Crippen LogP contribution in [0.15, 0.2) is 36.4 Å². The number of anilines is 2. The highest BCUT2D eigenvalue weighted by molar-refractivity contribution is 6.36. The van der Waals surface area contributed by atoms with Gasteiger partial charge in [-0.15, -0.1) is 0 Å². The summed E-state index contributed by atoms with van der Waals surface area (Å²) in [6, 6.07) is 4.63. The Kier molecular flexibility index (Phi) is 7.65. The van der Waals surface area contributed by atoms with Gasteiger partial charge in [-0.3, -0.25) is 9.80 Å². The van der Waals surface area contributed by atoms with E-state index in [9.17, 15) is 18.0 Å². The van der Waals surface area contributed by atoms with Gasteiger partial charge in [0.2, 0.25) is 5.88 Å². The van der Waals surface area contributed by atoms with E-state index in [4.69, 9.17) is 36.5 Å². The Balaban J connectivity index is 1.26. The summed E-state index contributed by atoms with van der Waals surface area (Å²) in [6.45, 7) is 12.5. The fraction of sp³-hybridized carbons (Fsp3) is 0.528. The molecule has 0 aliphatic carbocycles. The first kappa shape index (κ1) is 33.2. The molecule has 1 amide bonds. The number of piperazine rings is 1. The molecule has 7 heterocycles. The Morgan fingerprint density at radius 1 is 1.18 bits per heavy atom. The Morgan fingerprint density at radius 2 is 1.98 bits per heavy atom. The summed E-state index contributed by atoms with van der Waals surface area (Å²) in [4.78, 5) is 29.1. The van der Waals surface area contributed by atoms with Crippen LogP contribution >= 0.6 is 11.6 Å². The van der Waals surface area contributed by atoms with E-state index >= 15 is 0 Å². The summed E-state index contributed by atoms with van der Waals surface area (Å²) in [5.74, 6) is 1.01. The van der Waals surface area contributed by atoms with E-state index in [-0.39, 0.29) is 58.5 Å². The number of rotatable bonds is 4. The van der Waals surface area contributed by atoms with Gasteiger partial charge in [-0.25, -0.2) is 9.78 Å². The maximum atomic E-state index is 14.3. The molecule has 1 aromatic carbocycles. The van der Waals surface area contributed by atoms with Crippen molar-refractivity contribution in [3.8, 4) is 22.9 Å². The van der Waals surface area contributed by atoms with Crippen molar-refractivity contribution in [2.75, 3.05) is 43.5 Å². The predicted octanol–water partition coefficient (Wildman–Crippen LogP) is 7.07. The molecule has 2 bridgehead atoms. The molecule has 10 nitrogen and oxygen atoms in total. The molecule has 0 radical (unpaired) electrons. The minimum atomic E-state index is -4.72. The summed E-state index contributed by atoms with van der Waals surface area (Å²) >= 11 is 7.02. The number of ether oxygens (including phenoxy) is 3. The highest BCUT2D eigenvalue weighted by Gasteiger charge is 2.52. The van der Waals surface area contributed by atoms with E-state index in [1.807, 2.05) is 25.7 Å². The number of nitrogen functional groups attached to an aromatic ring is 1. The molecule has 2 N–H and O–H groups in total. The van der Waals surface area contributed by atoms with Gasteiger partial charge in [0.15, 0.2) is 0 Å². The number of hydrogen-bond donors (Lipinski definition) is 1. The summed E-state index contributed by atoms with van der Waals surface area (Å²) in [7, 11) is 0. The maximum Gasteiger partial charge on any atom is 0.418 e. The van der Waals surface area contributed by atoms with Gasteiger partial charge < -0.3 is 24.8 Å². The number of nitrogens with zero attached hydrogens (tertiary/aromatic N) is 5. The molecular weight excluding hydrogens is 673 g/mol. The monoisotopic (exact) mass is 712 g/mol. The van der Waals surface area contributed by atoms with Crippen molar-refractivity contribution in [3.05, 3.63) is 47.0 Å². The number of aromatic nitrogens is 2. The zero-order chi connectivity index (χ0) is 35.3. The number of hydrogen-bond acceptors (Lipinski definition) is 9. The van der Waals surface area contributed by atoms with Crippen LogP contribution in [0.25, 0.3) is 22.0 Å². The molecule has 0 saturated carbocycles. The average molecular weight is 713 g/mol. The molecule has 266 valence electrons. The number of fused-ring (bicyclic) bond motifs is 6. The van der Waals surface area contributed by atoms with Gasteiger partial charge in [0.25, 0.3) is 0 Å². The minimum absolute atomic E-state index is 0.0290. The smallest absolute Gasteiger partial charge is 0.418 e. The molecular formula is C36H40ClF3N6O4. The zero-order valence-electron chi connectivity index (χ0n) is 28.3. The second kappa shape index (κ2) is 11.5. The van der Waals surface area contributed by atoms with Crippen LogP contribution < -0.4 is 20.1 Å². The van der Waals surface area contributed by atoms with Crippen molar-refractivity contribution in [1.29, 1.82) is 0 Å². The minimum Gasteiger partial charge on any atom is -0.489 e. The van der Waals surface area contributed by atoms with Crippen LogP contribution in [0.4, 0.5) is 29.6 Å². The van der Waals surface area contributed by atoms with Crippen LogP contribution in [0.3, 0.4) is 0 Å². The van der Waals surface area contributed by atoms with Crippen LogP contribution in [0.1, 0.15) is 58.4 Å². The Labute approximate surface area is 293 Å². The normalized spacial score (nSPS) is 26.1. The number of carbonyl (C=O) groups is 1. The molecule has 50 heavy (non-hydrogen) atoms. The molecule has 0 unspecified atom stereocenters. The fourth-order valence-corrected chi connectivity index (χ4v) is 9.02. The number of amides is 1. The second-order valence-corrected chi connectivity index (χ2v) is 15.6. The van der Waals surface area contributed by atoms with Crippen LogP contribution in [0.5, 0.6) is 11.6 Å². The topological polar surface area (TPSA) is 106 Å². The third-order valence-corrected chi connectivity index (χ3v) is 11.1. The van der Waals surface area contributed by atoms with Crippen LogP contribution in [-0.2, 0) is 10.9 Å². The van der Waals surface area contributed by atoms with E-state index < -0.39 is 23.0 Å².